The molecule has 1 atom stereocenters. The number of piperidine rings is 1. The minimum absolute atomic E-state index is 0.421. The Balaban J connectivity index is 1.96. The average molecular weight is 309 g/mol. The highest BCUT2D eigenvalue weighted by molar-refractivity contribution is 7.90. The number of fused-ring (bicyclic) bond motifs is 2. The van der Waals surface area contributed by atoms with Crippen LogP contribution in [0.5, 0.6) is 0 Å². The molecule has 1 aromatic rings. The van der Waals surface area contributed by atoms with Gasteiger partial charge in [0.05, 0.1) is 5.60 Å². The third-order valence-electron chi connectivity index (χ3n) is 4.76. The molecule has 0 N–H and O–H groups in total. The van der Waals surface area contributed by atoms with E-state index in [-0.39, 0.29) is 0 Å². The largest absolute Gasteiger partial charge is 0.346 e. The fourth-order valence-electron chi connectivity index (χ4n) is 3.56. The van der Waals surface area contributed by atoms with Crippen LogP contribution in [0.1, 0.15) is 43.3 Å². The quantitative estimate of drug-likeness (QED) is 0.842. The van der Waals surface area contributed by atoms with Gasteiger partial charge in [0, 0.05) is 31.0 Å². The smallest absolute Gasteiger partial charge is 0.184 e. The zero-order valence-corrected chi connectivity index (χ0v) is 13.7. The fourth-order valence-corrected chi connectivity index (χ4v) is 4.58. The van der Waals surface area contributed by atoms with Gasteiger partial charge in [-0.15, -0.1) is 0 Å². The second kappa shape index (κ2) is 5.07. The first-order valence-electron chi connectivity index (χ1n) is 7.54. The second-order valence-corrected chi connectivity index (χ2v) is 8.58. The van der Waals surface area contributed by atoms with Crippen LogP contribution in [-0.2, 0) is 20.2 Å². The summed E-state index contributed by atoms with van der Waals surface area (Å²) in [7, 11) is -3.26. The Morgan fingerprint density at radius 3 is 2.43 bits per heavy atom. The van der Waals surface area contributed by atoms with Gasteiger partial charge in [0.25, 0.3) is 0 Å². The Morgan fingerprint density at radius 1 is 1.24 bits per heavy atom. The van der Waals surface area contributed by atoms with E-state index in [0.29, 0.717) is 6.04 Å². The summed E-state index contributed by atoms with van der Waals surface area (Å²) in [5.74, 6) is 0. The first-order valence-corrected chi connectivity index (χ1v) is 9.49. The van der Waals surface area contributed by atoms with E-state index in [4.69, 9.17) is 4.74 Å². The molecule has 1 saturated heterocycles. The van der Waals surface area contributed by atoms with Crippen LogP contribution in [0.2, 0.25) is 0 Å². The summed E-state index contributed by atoms with van der Waals surface area (Å²) in [6.07, 6.45) is 2.97. The Labute approximate surface area is 127 Å². The molecule has 1 fully saturated rings. The van der Waals surface area contributed by atoms with E-state index in [0.717, 1.165) is 37.1 Å². The molecule has 21 heavy (non-hydrogen) atoms. The molecule has 0 amide bonds. The van der Waals surface area contributed by atoms with Crippen molar-refractivity contribution in [3.63, 3.8) is 0 Å². The van der Waals surface area contributed by atoms with Crippen LogP contribution in [0, 0.1) is 0 Å². The Hall–Kier alpha value is -0.910. The van der Waals surface area contributed by atoms with E-state index in [1.807, 2.05) is 24.3 Å². The molecule has 2 aliphatic heterocycles. The van der Waals surface area contributed by atoms with Crippen LogP contribution >= 0.6 is 0 Å². The van der Waals surface area contributed by atoms with Crippen molar-refractivity contribution in [3.8, 4) is 0 Å². The molecule has 116 valence electrons. The molecule has 1 spiro atoms. The van der Waals surface area contributed by atoms with E-state index in [2.05, 4.69) is 18.7 Å². The Morgan fingerprint density at radius 2 is 1.86 bits per heavy atom. The van der Waals surface area contributed by atoms with Crippen LogP contribution in [0.25, 0.3) is 0 Å². The number of ether oxygens (including phenoxy) is 1. The molecule has 1 unspecified atom stereocenters. The zero-order chi connectivity index (χ0) is 15.3. The van der Waals surface area contributed by atoms with E-state index < -0.39 is 20.9 Å². The van der Waals surface area contributed by atoms with E-state index in [9.17, 15) is 8.42 Å². The highest BCUT2D eigenvalue weighted by Gasteiger charge is 2.49. The molecular formula is C16H23NO3S. The van der Waals surface area contributed by atoms with Crippen molar-refractivity contribution in [2.24, 2.45) is 0 Å². The molecule has 2 aliphatic rings. The predicted octanol–water partition coefficient (Wildman–Crippen LogP) is 2.46. The van der Waals surface area contributed by atoms with Gasteiger partial charge in [-0.2, -0.15) is 0 Å². The van der Waals surface area contributed by atoms with E-state index in [1.54, 1.807) is 0 Å². The summed E-state index contributed by atoms with van der Waals surface area (Å²) in [6, 6.07) is 8.31. The van der Waals surface area contributed by atoms with Crippen LogP contribution in [0.3, 0.4) is 0 Å². The van der Waals surface area contributed by atoms with E-state index >= 15 is 0 Å². The number of hydrogen-bond acceptors (Lipinski definition) is 4. The third-order valence-corrected chi connectivity index (χ3v) is 5.89. The standard InChI is InChI=1S/C16H23NO3S/c1-12(2)17-10-8-16(9-11-17)14-7-5-4-6-13(14)15(20-16)21(3,18)19/h4-7,12,15H,8-11H2,1-3H3. The summed E-state index contributed by atoms with van der Waals surface area (Å²) in [6.45, 7) is 6.28. The van der Waals surface area contributed by atoms with Crippen LogP contribution in [0.4, 0.5) is 0 Å². The molecule has 0 bridgehead atoms. The van der Waals surface area contributed by atoms with Crippen molar-refractivity contribution in [2.75, 3.05) is 19.3 Å². The fraction of sp³-hybridized carbons (Fsp3) is 0.625. The van der Waals surface area contributed by atoms with Gasteiger partial charge in [0.15, 0.2) is 15.3 Å². The Kier molecular flexibility index (Phi) is 3.62. The summed E-state index contributed by atoms with van der Waals surface area (Å²) in [5.41, 5.74) is 0.677. The number of rotatable bonds is 2. The Bertz CT molecular complexity index is 631. The van der Waals surface area contributed by atoms with Gasteiger partial charge < -0.3 is 9.64 Å². The number of nitrogens with zero attached hydrogens (tertiary/aromatic N) is 1. The summed E-state index contributed by atoms with van der Waals surface area (Å²) < 4.78 is 30.3. The topological polar surface area (TPSA) is 46.6 Å². The van der Waals surface area contributed by atoms with Gasteiger partial charge in [-0.05, 0) is 32.3 Å². The predicted molar refractivity (Wildman–Crippen MR) is 82.7 cm³/mol. The van der Waals surface area contributed by atoms with Crippen molar-refractivity contribution >= 4 is 9.84 Å². The highest BCUT2D eigenvalue weighted by Crippen LogP contribution is 2.50. The van der Waals surface area contributed by atoms with Gasteiger partial charge in [-0.3, -0.25) is 0 Å². The summed E-state index contributed by atoms with van der Waals surface area (Å²) >= 11 is 0. The maximum absolute atomic E-state index is 12.1. The minimum atomic E-state index is -3.26. The normalized spacial score (nSPS) is 25.4. The number of likely N-dealkylation sites (tertiary alicyclic amines) is 1. The van der Waals surface area contributed by atoms with Crippen molar-refractivity contribution in [3.05, 3.63) is 35.4 Å². The van der Waals surface area contributed by atoms with Crippen LogP contribution < -0.4 is 0 Å². The average Bonchev–Trinajstić information content (AvgIpc) is 2.75. The maximum atomic E-state index is 12.1. The third kappa shape index (κ3) is 2.51. The maximum Gasteiger partial charge on any atom is 0.184 e. The number of sulfone groups is 1. The molecule has 5 heteroatoms. The molecule has 0 aliphatic carbocycles. The summed E-state index contributed by atoms with van der Waals surface area (Å²) in [4.78, 5) is 2.42. The molecule has 2 heterocycles. The highest BCUT2D eigenvalue weighted by atomic mass is 32.2. The monoisotopic (exact) mass is 309 g/mol. The second-order valence-electron chi connectivity index (χ2n) is 6.49. The van der Waals surface area contributed by atoms with Gasteiger partial charge in [0.2, 0.25) is 0 Å². The van der Waals surface area contributed by atoms with E-state index in [1.165, 1.54) is 6.26 Å². The van der Waals surface area contributed by atoms with Gasteiger partial charge in [0.1, 0.15) is 0 Å². The first-order chi connectivity index (χ1) is 9.83. The van der Waals surface area contributed by atoms with Gasteiger partial charge in [-0.25, -0.2) is 8.42 Å². The molecule has 0 radical (unpaired) electrons. The van der Waals surface area contributed by atoms with Crippen LogP contribution in [-0.4, -0.2) is 38.7 Å². The van der Waals surface area contributed by atoms with Gasteiger partial charge in [-0.1, -0.05) is 24.3 Å². The minimum Gasteiger partial charge on any atom is -0.346 e. The molecule has 3 rings (SSSR count). The van der Waals surface area contributed by atoms with Crippen molar-refractivity contribution in [2.45, 2.75) is 43.8 Å². The molecule has 0 aromatic heterocycles. The van der Waals surface area contributed by atoms with Crippen molar-refractivity contribution in [1.29, 1.82) is 0 Å². The molecule has 4 nitrogen and oxygen atoms in total. The number of hydrogen-bond donors (Lipinski definition) is 0. The van der Waals surface area contributed by atoms with Crippen molar-refractivity contribution < 1.29 is 13.2 Å². The van der Waals surface area contributed by atoms with Crippen LogP contribution in [0.15, 0.2) is 24.3 Å². The lowest BCUT2D eigenvalue weighted by Crippen LogP contribution is -2.45. The van der Waals surface area contributed by atoms with Gasteiger partial charge >= 0.3 is 0 Å². The molecular weight excluding hydrogens is 286 g/mol. The van der Waals surface area contributed by atoms with Crippen molar-refractivity contribution in [1.82, 2.24) is 4.90 Å². The lowest BCUT2D eigenvalue weighted by atomic mass is 9.83. The molecule has 1 aromatic carbocycles. The lowest BCUT2D eigenvalue weighted by molar-refractivity contribution is -0.0880. The first kappa shape index (κ1) is 15.0. The lowest BCUT2D eigenvalue weighted by Gasteiger charge is -2.41. The number of benzene rings is 1. The SMILES string of the molecule is CC(C)N1CCC2(CC1)OC(S(C)(=O)=O)c1ccccc12. The zero-order valence-electron chi connectivity index (χ0n) is 12.9. The molecule has 0 saturated carbocycles. The summed E-state index contributed by atoms with van der Waals surface area (Å²) in [5, 5.41) is 0.